The largest absolute Gasteiger partial charge is 0.346 e. The van der Waals surface area contributed by atoms with Crippen LogP contribution in [0.2, 0.25) is 0 Å². The van der Waals surface area contributed by atoms with Gasteiger partial charge in [-0.1, -0.05) is 33.8 Å². The average molecular weight is 560 g/mol. The van der Waals surface area contributed by atoms with Gasteiger partial charge in [0.1, 0.15) is 5.49 Å². The summed E-state index contributed by atoms with van der Waals surface area (Å²) in [5.74, 6) is 0.142. The van der Waals surface area contributed by atoms with Gasteiger partial charge >= 0.3 is 0 Å². The van der Waals surface area contributed by atoms with E-state index in [0.29, 0.717) is 29.8 Å². The lowest BCUT2D eigenvalue weighted by Crippen LogP contribution is -2.44. The van der Waals surface area contributed by atoms with Crippen LogP contribution in [0.15, 0.2) is 53.7 Å². The van der Waals surface area contributed by atoms with Gasteiger partial charge in [-0.3, -0.25) is 15.0 Å². The lowest BCUT2D eigenvalue weighted by atomic mass is 9.81. The summed E-state index contributed by atoms with van der Waals surface area (Å²) in [6.45, 7) is 11.5. The van der Waals surface area contributed by atoms with Gasteiger partial charge in [0.05, 0.1) is 0 Å². The number of carbonyl (C=O) groups excluding carboxylic acids is 2. The quantitative estimate of drug-likeness (QED) is 0.372. The van der Waals surface area contributed by atoms with Crippen molar-refractivity contribution in [1.82, 2.24) is 19.7 Å². The lowest BCUT2D eigenvalue weighted by molar-refractivity contribution is -0.137. The van der Waals surface area contributed by atoms with Crippen molar-refractivity contribution >= 4 is 29.0 Å². The Kier molecular flexibility index (Phi) is 9.48. The molecule has 1 aromatic heterocycles. The van der Waals surface area contributed by atoms with Crippen LogP contribution in [0.1, 0.15) is 62.9 Å². The molecule has 0 aliphatic carbocycles. The number of hydrogen-bond acceptors (Lipinski definition) is 4. The molecule has 4 rings (SSSR count). The van der Waals surface area contributed by atoms with E-state index in [0.717, 1.165) is 43.5 Å². The number of nitrogens with one attached hydrogen (secondary N) is 3. The second-order valence-corrected chi connectivity index (χ2v) is 12.4. The van der Waals surface area contributed by atoms with E-state index < -0.39 is 0 Å². The number of aromatic nitrogens is 1. The van der Waals surface area contributed by atoms with Gasteiger partial charge in [0.2, 0.25) is 11.9 Å². The minimum atomic E-state index is -0.0758. The van der Waals surface area contributed by atoms with Gasteiger partial charge < -0.3 is 25.0 Å². The second kappa shape index (κ2) is 12.9. The molecule has 0 radical (unpaired) electrons. The first-order valence-electron chi connectivity index (χ1n) is 14.6. The minimum absolute atomic E-state index is 0.0107. The molecule has 41 heavy (non-hydrogen) atoms. The molecule has 220 valence electrons. The van der Waals surface area contributed by atoms with Crippen molar-refractivity contribution in [2.45, 2.75) is 53.0 Å². The van der Waals surface area contributed by atoms with Crippen molar-refractivity contribution in [3.63, 3.8) is 0 Å². The van der Waals surface area contributed by atoms with Crippen LogP contribution < -0.4 is 10.8 Å². The molecular weight excluding hydrogens is 514 g/mol. The van der Waals surface area contributed by atoms with E-state index >= 15 is 0 Å². The van der Waals surface area contributed by atoms with Crippen molar-refractivity contribution in [2.75, 3.05) is 45.6 Å². The van der Waals surface area contributed by atoms with Gasteiger partial charge in [-0.15, -0.1) is 0 Å². The molecule has 9 nitrogen and oxygen atoms in total. The molecule has 3 heterocycles. The Morgan fingerprint density at radius 1 is 1.12 bits per heavy atom. The van der Waals surface area contributed by atoms with Crippen molar-refractivity contribution in [1.29, 1.82) is 5.41 Å². The zero-order chi connectivity index (χ0) is 29.7. The molecule has 2 aliphatic rings. The third-order valence-corrected chi connectivity index (χ3v) is 8.54. The molecule has 2 amide bonds. The molecular formula is C32H45N7O2. The Balaban J connectivity index is 1.40. The number of likely N-dealkylation sites (tertiary alicyclic amines) is 1. The molecule has 2 aliphatic heterocycles. The Morgan fingerprint density at radius 2 is 1.80 bits per heavy atom. The number of piperidine rings is 1. The third-order valence-electron chi connectivity index (χ3n) is 8.54. The van der Waals surface area contributed by atoms with Crippen LogP contribution in [0.4, 0.5) is 5.69 Å². The van der Waals surface area contributed by atoms with Crippen molar-refractivity contribution in [2.24, 2.45) is 16.3 Å². The average Bonchev–Trinajstić information content (AvgIpc) is 2.96. The standard InChI is InChI=1S/C32H45N7O2/c1-22(32(2,3)4)29(40)39-20-13-23(14-21-39)27-8-7-17-34-28(27)36-31(33)35-25-11-9-24(10-12-25)30(41)38(6)26-15-18-37(5)19-16-26/h7-13,17,22,26H,14-16,18-21H2,1-6H3,(H3,33,34,35,36)/t22-/m0/s1. The van der Waals surface area contributed by atoms with E-state index in [2.05, 4.69) is 54.1 Å². The molecule has 3 N–H and O–H groups in total. The summed E-state index contributed by atoms with van der Waals surface area (Å²) in [6, 6.07) is 11.4. The van der Waals surface area contributed by atoms with Crippen molar-refractivity contribution in [3.05, 3.63) is 65.3 Å². The van der Waals surface area contributed by atoms with E-state index in [4.69, 9.17) is 5.41 Å². The fourth-order valence-corrected chi connectivity index (χ4v) is 5.26. The SMILES string of the molecule is C[C@@H](C(=O)N1CC=C(c2ccc[nH]/c2=N\C(=N)Nc2ccc(C(=O)N(C)C3CCN(C)CC3)cc2)CC1)C(C)(C)C. The van der Waals surface area contributed by atoms with Crippen molar-refractivity contribution < 1.29 is 9.59 Å². The molecule has 2 aromatic rings. The molecule has 1 fully saturated rings. The van der Waals surface area contributed by atoms with E-state index in [-0.39, 0.29) is 35.1 Å². The summed E-state index contributed by atoms with van der Waals surface area (Å²) in [4.78, 5) is 39.7. The van der Waals surface area contributed by atoms with E-state index in [1.54, 1.807) is 18.3 Å². The first kappa shape index (κ1) is 30.2. The van der Waals surface area contributed by atoms with Gasteiger partial charge in [-0.2, -0.15) is 4.99 Å². The zero-order valence-corrected chi connectivity index (χ0v) is 25.3. The first-order valence-corrected chi connectivity index (χ1v) is 14.6. The number of carbonyl (C=O) groups is 2. The van der Waals surface area contributed by atoms with Gasteiger partial charge in [0, 0.05) is 55.1 Å². The number of hydrogen-bond donors (Lipinski definition) is 3. The number of rotatable bonds is 5. The third kappa shape index (κ3) is 7.52. The molecule has 1 saturated heterocycles. The highest BCUT2D eigenvalue weighted by Crippen LogP contribution is 2.29. The van der Waals surface area contributed by atoms with E-state index in [1.165, 1.54) is 0 Å². The normalized spacial score (nSPS) is 18.0. The Bertz CT molecular complexity index is 1350. The van der Waals surface area contributed by atoms with Crippen LogP contribution in [0.25, 0.3) is 5.57 Å². The smallest absolute Gasteiger partial charge is 0.253 e. The van der Waals surface area contributed by atoms with Crippen molar-refractivity contribution in [3.8, 4) is 0 Å². The summed E-state index contributed by atoms with van der Waals surface area (Å²) in [5, 5.41) is 11.5. The van der Waals surface area contributed by atoms with Crippen LogP contribution in [0, 0.1) is 16.7 Å². The Labute approximate surface area is 243 Å². The maximum Gasteiger partial charge on any atom is 0.253 e. The summed E-state index contributed by atoms with van der Waals surface area (Å²) >= 11 is 0. The monoisotopic (exact) mass is 559 g/mol. The molecule has 0 unspecified atom stereocenters. The summed E-state index contributed by atoms with van der Waals surface area (Å²) in [6.07, 6.45) is 6.58. The fraction of sp³-hybridized carbons (Fsp3) is 0.500. The summed E-state index contributed by atoms with van der Waals surface area (Å²) in [7, 11) is 4.00. The molecule has 0 spiro atoms. The minimum Gasteiger partial charge on any atom is -0.346 e. The topological polar surface area (TPSA) is 108 Å². The number of benzene rings is 1. The van der Waals surface area contributed by atoms with E-state index in [9.17, 15) is 9.59 Å². The number of nitrogens with zero attached hydrogens (tertiary/aromatic N) is 4. The molecule has 1 atom stereocenters. The maximum atomic E-state index is 13.0. The van der Waals surface area contributed by atoms with Crippen LogP contribution in [0.5, 0.6) is 0 Å². The number of pyridine rings is 1. The molecule has 0 bridgehead atoms. The van der Waals surface area contributed by atoms with Crippen LogP contribution in [-0.2, 0) is 4.79 Å². The second-order valence-electron chi connectivity index (χ2n) is 12.4. The zero-order valence-electron chi connectivity index (χ0n) is 25.3. The predicted octanol–water partition coefficient (Wildman–Crippen LogP) is 4.43. The predicted molar refractivity (Wildman–Crippen MR) is 165 cm³/mol. The Hall–Kier alpha value is -3.72. The molecule has 9 heteroatoms. The van der Waals surface area contributed by atoms with Crippen LogP contribution in [0.3, 0.4) is 0 Å². The number of aromatic amines is 1. The van der Waals surface area contributed by atoms with Gasteiger partial charge in [0.25, 0.3) is 5.91 Å². The van der Waals surface area contributed by atoms with Crippen LogP contribution >= 0.6 is 0 Å². The number of guanidine groups is 1. The van der Waals surface area contributed by atoms with E-state index in [1.807, 2.05) is 48.0 Å². The highest BCUT2D eigenvalue weighted by atomic mass is 16.2. The number of amides is 2. The Morgan fingerprint density at radius 3 is 2.41 bits per heavy atom. The van der Waals surface area contributed by atoms with Gasteiger partial charge in [-0.25, -0.2) is 0 Å². The lowest BCUT2D eigenvalue weighted by Gasteiger charge is -2.35. The summed E-state index contributed by atoms with van der Waals surface area (Å²) < 4.78 is 0. The molecule has 0 saturated carbocycles. The van der Waals surface area contributed by atoms with Gasteiger partial charge in [-0.05, 0) is 86.8 Å². The molecule has 1 aromatic carbocycles. The van der Waals surface area contributed by atoms with Gasteiger partial charge in [0.15, 0.2) is 0 Å². The maximum absolute atomic E-state index is 13.0. The highest BCUT2D eigenvalue weighted by Gasteiger charge is 2.31. The summed E-state index contributed by atoms with van der Waals surface area (Å²) in [5.41, 5.74) is 3.87. The number of H-pyrrole nitrogens is 1. The number of anilines is 1. The highest BCUT2D eigenvalue weighted by molar-refractivity contribution is 5.96. The first-order chi connectivity index (χ1) is 19.4. The fourth-order valence-electron chi connectivity index (χ4n) is 5.26. The van der Waals surface area contributed by atoms with Crippen LogP contribution in [-0.4, -0.2) is 83.8 Å².